The minimum Gasteiger partial charge on any atom is -0.506 e. The molecule has 24 heavy (non-hydrogen) atoms. The first-order chi connectivity index (χ1) is 11.1. The number of aromatic hydroxyl groups is 1. The summed E-state index contributed by atoms with van der Waals surface area (Å²) in [7, 11) is 0. The van der Waals surface area contributed by atoms with Gasteiger partial charge in [-0.2, -0.15) is 0 Å². The van der Waals surface area contributed by atoms with Gasteiger partial charge in [0.15, 0.2) is 0 Å². The zero-order valence-electron chi connectivity index (χ0n) is 14.9. The lowest BCUT2D eigenvalue weighted by molar-refractivity contribution is -0.119. The molecule has 0 heterocycles. The molecule has 1 unspecified atom stereocenters. The van der Waals surface area contributed by atoms with Gasteiger partial charge in [-0.3, -0.25) is 10.1 Å². The molecule has 0 saturated carbocycles. The highest BCUT2D eigenvalue weighted by Crippen LogP contribution is 2.27. The van der Waals surface area contributed by atoms with Crippen LogP contribution in [-0.4, -0.2) is 35.3 Å². The molecule has 1 rings (SSSR count). The van der Waals surface area contributed by atoms with E-state index in [1.165, 1.54) is 13.0 Å². The molecule has 4 N–H and O–H groups in total. The smallest absolute Gasteiger partial charge is 0.412 e. The predicted molar refractivity (Wildman–Crippen MR) is 94.3 cm³/mol. The second kappa shape index (κ2) is 8.42. The number of hydrogen-bond donors (Lipinski definition) is 4. The third kappa shape index (κ3) is 7.71. The molecule has 2 amide bonds. The van der Waals surface area contributed by atoms with Crippen molar-refractivity contribution in [3.05, 3.63) is 18.2 Å². The molecule has 1 aromatic carbocycles. The van der Waals surface area contributed by atoms with E-state index < -0.39 is 11.7 Å². The number of phenols is 1. The minimum absolute atomic E-state index is 0.0280. The molecule has 7 nitrogen and oxygen atoms in total. The molecule has 0 fully saturated rings. The average Bonchev–Trinajstić information content (AvgIpc) is 2.39. The Morgan fingerprint density at radius 3 is 2.54 bits per heavy atom. The van der Waals surface area contributed by atoms with Crippen molar-refractivity contribution in [2.24, 2.45) is 0 Å². The summed E-state index contributed by atoms with van der Waals surface area (Å²) < 4.78 is 5.19. The van der Waals surface area contributed by atoms with E-state index in [-0.39, 0.29) is 17.7 Å². The Morgan fingerprint density at radius 1 is 1.29 bits per heavy atom. The topological polar surface area (TPSA) is 99.7 Å². The zero-order chi connectivity index (χ0) is 18.3. The van der Waals surface area contributed by atoms with Crippen molar-refractivity contribution in [2.45, 2.75) is 52.7 Å². The fraction of sp³-hybridized carbons (Fsp3) is 0.529. The first-order valence-corrected chi connectivity index (χ1v) is 7.91. The van der Waals surface area contributed by atoms with Gasteiger partial charge in [-0.25, -0.2) is 4.79 Å². The van der Waals surface area contributed by atoms with Crippen molar-refractivity contribution in [3.63, 3.8) is 0 Å². The van der Waals surface area contributed by atoms with E-state index in [0.717, 1.165) is 0 Å². The van der Waals surface area contributed by atoms with Crippen LogP contribution in [0.1, 0.15) is 41.0 Å². The quantitative estimate of drug-likeness (QED) is 0.472. The van der Waals surface area contributed by atoms with Crippen molar-refractivity contribution in [3.8, 4) is 5.75 Å². The van der Waals surface area contributed by atoms with Crippen molar-refractivity contribution in [2.75, 3.05) is 17.2 Å². The lowest BCUT2D eigenvalue weighted by atomic mass is 10.2. The van der Waals surface area contributed by atoms with Gasteiger partial charge in [-0.15, -0.1) is 0 Å². The molecule has 0 bridgehead atoms. The van der Waals surface area contributed by atoms with Gasteiger partial charge in [-0.1, -0.05) is 0 Å². The normalized spacial score (nSPS) is 12.2. The number of carbonyl (C=O) groups is 2. The Hall–Kier alpha value is -2.44. The molecule has 0 saturated heterocycles. The highest BCUT2D eigenvalue weighted by Gasteiger charge is 2.16. The summed E-state index contributed by atoms with van der Waals surface area (Å²) in [5.41, 5.74) is 0.431. The molecule has 0 aliphatic rings. The second-order valence-electron chi connectivity index (χ2n) is 6.68. The lowest BCUT2D eigenvalue weighted by Gasteiger charge is -2.20. The van der Waals surface area contributed by atoms with Gasteiger partial charge in [0.1, 0.15) is 11.4 Å². The number of nitrogens with one attached hydrogen (secondary N) is 3. The van der Waals surface area contributed by atoms with Crippen molar-refractivity contribution < 1.29 is 19.4 Å². The lowest BCUT2D eigenvalue weighted by Crippen LogP contribution is -2.31. The number of phenolic OH excluding ortho intramolecular Hbond substituents is 1. The standard InChI is InChI=1S/C17H27N3O4/c1-11(19-12(2)21)8-9-18-14-10-13(6-7-15(14)22)20-16(23)24-17(3,4)5/h6-7,10-11,18,22H,8-9H2,1-5H3,(H,19,21)(H,20,23). The molecular weight excluding hydrogens is 310 g/mol. The van der Waals surface area contributed by atoms with Gasteiger partial charge >= 0.3 is 6.09 Å². The highest BCUT2D eigenvalue weighted by molar-refractivity contribution is 5.86. The van der Waals surface area contributed by atoms with Crippen molar-refractivity contribution >= 4 is 23.4 Å². The average molecular weight is 337 g/mol. The van der Waals surface area contributed by atoms with Crippen LogP contribution < -0.4 is 16.0 Å². The number of amides is 2. The molecule has 1 aromatic rings. The van der Waals surface area contributed by atoms with Crippen molar-refractivity contribution in [1.29, 1.82) is 0 Å². The van der Waals surface area contributed by atoms with Crippen LogP contribution in [0.15, 0.2) is 18.2 Å². The Kier molecular flexibility index (Phi) is 6.88. The van der Waals surface area contributed by atoms with Crippen LogP contribution in [0.3, 0.4) is 0 Å². The fourth-order valence-electron chi connectivity index (χ4n) is 2.02. The summed E-state index contributed by atoms with van der Waals surface area (Å²) in [6.45, 7) is 9.29. The largest absolute Gasteiger partial charge is 0.506 e. The van der Waals surface area contributed by atoms with Crippen LogP contribution in [0.5, 0.6) is 5.75 Å². The summed E-state index contributed by atoms with van der Waals surface area (Å²) in [6, 6.07) is 4.74. The van der Waals surface area contributed by atoms with E-state index in [0.29, 0.717) is 24.3 Å². The Balaban J connectivity index is 2.60. The molecule has 0 aliphatic carbocycles. The fourth-order valence-corrected chi connectivity index (χ4v) is 2.02. The third-order valence-corrected chi connectivity index (χ3v) is 2.98. The van der Waals surface area contributed by atoms with E-state index in [9.17, 15) is 14.7 Å². The molecule has 134 valence electrons. The first kappa shape index (κ1) is 19.6. The van der Waals surface area contributed by atoms with Crippen molar-refractivity contribution in [1.82, 2.24) is 5.32 Å². The SMILES string of the molecule is CC(=O)NC(C)CCNc1cc(NC(=O)OC(C)(C)C)ccc1O. The van der Waals surface area contributed by atoms with Crippen LogP contribution in [0.2, 0.25) is 0 Å². The van der Waals surface area contributed by atoms with Gasteiger partial charge in [-0.05, 0) is 52.3 Å². The van der Waals surface area contributed by atoms with E-state index in [1.807, 2.05) is 6.92 Å². The number of benzene rings is 1. The molecule has 0 aromatic heterocycles. The molecule has 7 heteroatoms. The summed E-state index contributed by atoms with van der Waals surface area (Å²) in [5.74, 6) is 0.00539. The van der Waals surface area contributed by atoms with Crippen LogP contribution in [0.4, 0.5) is 16.2 Å². The molecule has 0 spiro atoms. The van der Waals surface area contributed by atoms with E-state index in [4.69, 9.17) is 4.74 Å². The third-order valence-electron chi connectivity index (χ3n) is 2.98. The number of carbonyl (C=O) groups excluding carboxylic acids is 2. The van der Waals surface area contributed by atoms with Gasteiger partial charge < -0.3 is 20.5 Å². The monoisotopic (exact) mass is 337 g/mol. The maximum absolute atomic E-state index is 11.8. The second-order valence-corrected chi connectivity index (χ2v) is 6.68. The van der Waals surface area contributed by atoms with E-state index in [1.54, 1.807) is 32.9 Å². The Labute approximate surface area is 142 Å². The van der Waals surface area contributed by atoms with Crippen LogP contribution in [-0.2, 0) is 9.53 Å². The number of anilines is 2. The van der Waals surface area contributed by atoms with Gasteiger partial charge in [0, 0.05) is 25.2 Å². The highest BCUT2D eigenvalue weighted by atomic mass is 16.6. The summed E-state index contributed by atoms with van der Waals surface area (Å²) >= 11 is 0. The van der Waals surface area contributed by atoms with Crippen LogP contribution >= 0.6 is 0 Å². The number of ether oxygens (including phenoxy) is 1. The Morgan fingerprint density at radius 2 is 1.96 bits per heavy atom. The zero-order valence-corrected chi connectivity index (χ0v) is 14.9. The summed E-state index contributed by atoms with van der Waals surface area (Å²) in [5, 5.41) is 18.4. The van der Waals surface area contributed by atoms with Gasteiger partial charge in [0.2, 0.25) is 5.91 Å². The first-order valence-electron chi connectivity index (χ1n) is 7.91. The maximum atomic E-state index is 11.8. The van der Waals surface area contributed by atoms with Gasteiger partial charge in [0.05, 0.1) is 5.69 Å². The van der Waals surface area contributed by atoms with Gasteiger partial charge in [0.25, 0.3) is 0 Å². The molecule has 1 atom stereocenters. The predicted octanol–water partition coefficient (Wildman–Crippen LogP) is 3.07. The van der Waals surface area contributed by atoms with Crippen LogP contribution in [0.25, 0.3) is 0 Å². The van der Waals surface area contributed by atoms with Crippen LogP contribution in [0, 0.1) is 0 Å². The maximum Gasteiger partial charge on any atom is 0.412 e. The Bertz CT molecular complexity index is 582. The van der Waals surface area contributed by atoms with E-state index in [2.05, 4.69) is 16.0 Å². The van der Waals surface area contributed by atoms with E-state index >= 15 is 0 Å². The molecular formula is C17H27N3O4. The molecule has 0 aliphatic heterocycles. The summed E-state index contributed by atoms with van der Waals surface area (Å²) in [6.07, 6.45) is 0.140. The number of hydrogen-bond acceptors (Lipinski definition) is 5. The summed E-state index contributed by atoms with van der Waals surface area (Å²) in [4.78, 5) is 22.7. The minimum atomic E-state index is -0.581. The molecule has 0 radical (unpaired) electrons. The number of rotatable bonds is 6.